The molecule has 0 spiro atoms. The van der Waals surface area contributed by atoms with E-state index in [1.54, 1.807) is 12.5 Å². The molecule has 0 amide bonds. The smallest absolute Gasteiger partial charge is 0.169 e. The van der Waals surface area contributed by atoms with Gasteiger partial charge in [0.2, 0.25) is 0 Å². The van der Waals surface area contributed by atoms with E-state index in [2.05, 4.69) is 36.1 Å². The van der Waals surface area contributed by atoms with Crippen molar-refractivity contribution in [3.8, 4) is 0 Å². The van der Waals surface area contributed by atoms with Crippen molar-refractivity contribution >= 4 is 5.82 Å². The fourth-order valence-electron chi connectivity index (χ4n) is 1.88. The zero-order valence-corrected chi connectivity index (χ0v) is 10.5. The summed E-state index contributed by atoms with van der Waals surface area (Å²) in [5, 5.41) is 8.04. The Balaban J connectivity index is 2.16. The molecule has 0 fully saturated rings. The van der Waals surface area contributed by atoms with E-state index in [-0.39, 0.29) is 5.41 Å². The van der Waals surface area contributed by atoms with Crippen molar-refractivity contribution in [2.45, 2.75) is 39.3 Å². The molecule has 2 rings (SSSR count). The van der Waals surface area contributed by atoms with Gasteiger partial charge in [-0.15, -0.1) is 5.10 Å². The number of anilines is 1. The van der Waals surface area contributed by atoms with Gasteiger partial charge in [0.15, 0.2) is 5.82 Å². The quantitative estimate of drug-likeness (QED) is 0.861. The lowest BCUT2D eigenvalue weighted by Crippen LogP contribution is -2.21. The highest BCUT2D eigenvalue weighted by Gasteiger charge is 2.23. The second-order valence-electron chi connectivity index (χ2n) is 5.10. The van der Waals surface area contributed by atoms with Crippen LogP contribution in [0.2, 0.25) is 0 Å². The van der Waals surface area contributed by atoms with Gasteiger partial charge in [0.25, 0.3) is 0 Å². The maximum Gasteiger partial charge on any atom is 0.169 e. The van der Waals surface area contributed by atoms with Crippen molar-refractivity contribution in [2.75, 3.05) is 5.73 Å². The number of rotatable bonds is 3. The largest absolute Gasteiger partial charge is 0.381 e. The average Bonchev–Trinajstić information content (AvgIpc) is 2.82. The van der Waals surface area contributed by atoms with Crippen LogP contribution in [0, 0.1) is 0 Å². The van der Waals surface area contributed by atoms with E-state index in [1.807, 2.05) is 15.4 Å². The third-order valence-electron chi connectivity index (χ3n) is 2.60. The van der Waals surface area contributed by atoms with Gasteiger partial charge in [-0.2, -0.15) is 0 Å². The molecular formula is C11H18N6. The molecule has 0 saturated carbocycles. The Morgan fingerprint density at radius 2 is 2.06 bits per heavy atom. The second-order valence-corrected chi connectivity index (χ2v) is 5.10. The van der Waals surface area contributed by atoms with Crippen LogP contribution < -0.4 is 5.73 Å². The zero-order chi connectivity index (χ0) is 12.5. The summed E-state index contributed by atoms with van der Waals surface area (Å²) in [7, 11) is 0. The van der Waals surface area contributed by atoms with E-state index in [4.69, 9.17) is 5.73 Å². The molecule has 0 aliphatic rings. The number of aromatic nitrogens is 5. The van der Waals surface area contributed by atoms with Crippen LogP contribution in [-0.2, 0) is 18.5 Å². The lowest BCUT2D eigenvalue weighted by molar-refractivity contribution is 0.453. The number of nitrogens with zero attached hydrogens (tertiary/aromatic N) is 5. The van der Waals surface area contributed by atoms with Gasteiger partial charge in [-0.1, -0.05) is 26.0 Å². The summed E-state index contributed by atoms with van der Waals surface area (Å²) in [4.78, 5) is 4.00. The Labute approximate surface area is 100 Å². The van der Waals surface area contributed by atoms with Gasteiger partial charge in [0.1, 0.15) is 0 Å². The van der Waals surface area contributed by atoms with Gasteiger partial charge in [-0.3, -0.25) is 0 Å². The lowest BCUT2D eigenvalue weighted by Gasteiger charge is -2.20. The molecule has 0 saturated heterocycles. The normalized spacial score (nSPS) is 11.9. The molecule has 6 nitrogen and oxygen atoms in total. The summed E-state index contributed by atoms with van der Waals surface area (Å²) in [6.07, 6.45) is 5.48. The molecule has 2 aromatic rings. The highest BCUT2D eigenvalue weighted by atomic mass is 15.4. The molecule has 2 heterocycles. The molecule has 0 atom stereocenters. The van der Waals surface area contributed by atoms with E-state index in [1.165, 1.54) is 0 Å². The standard InChI is InChI=1S/C11H18N6/c1-11(2,3)9-10(12)14-15-17(9)7-6-16-5-4-13-8-16/h4-5,8H,6-7,12H2,1-3H3. The van der Waals surface area contributed by atoms with Gasteiger partial charge >= 0.3 is 0 Å². The summed E-state index contributed by atoms with van der Waals surface area (Å²) < 4.78 is 3.87. The minimum atomic E-state index is -0.0531. The number of nitrogen functional groups attached to an aromatic ring is 1. The van der Waals surface area contributed by atoms with Crippen molar-refractivity contribution in [1.29, 1.82) is 0 Å². The zero-order valence-electron chi connectivity index (χ0n) is 10.5. The summed E-state index contributed by atoms with van der Waals surface area (Å²) in [5.41, 5.74) is 6.79. The first-order chi connectivity index (χ1) is 7.98. The number of imidazole rings is 1. The van der Waals surface area contributed by atoms with Crippen LogP contribution >= 0.6 is 0 Å². The predicted octanol–water partition coefficient (Wildman–Crippen LogP) is 1.05. The highest BCUT2D eigenvalue weighted by Crippen LogP contribution is 2.25. The van der Waals surface area contributed by atoms with Crippen molar-refractivity contribution in [3.63, 3.8) is 0 Å². The van der Waals surface area contributed by atoms with Crippen molar-refractivity contribution < 1.29 is 0 Å². The summed E-state index contributed by atoms with van der Waals surface area (Å²) in [6.45, 7) is 7.88. The van der Waals surface area contributed by atoms with Crippen LogP contribution in [0.3, 0.4) is 0 Å². The van der Waals surface area contributed by atoms with Crippen LogP contribution in [0.5, 0.6) is 0 Å². The molecule has 0 aromatic carbocycles. The van der Waals surface area contributed by atoms with E-state index >= 15 is 0 Å². The van der Waals surface area contributed by atoms with Crippen molar-refractivity contribution in [3.05, 3.63) is 24.4 Å². The summed E-state index contributed by atoms with van der Waals surface area (Å²) in [5.74, 6) is 0.517. The Morgan fingerprint density at radius 1 is 1.29 bits per heavy atom. The second kappa shape index (κ2) is 4.20. The first kappa shape index (κ1) is 11.6. The first-order valence-electron chi connectivity index (χ1n) is 5.63. The minimum absolute atomic E-state index is 0.0531. The molecule has 6 heteroatoms. The number of hydrogen-bond acceptors (Lipinski definition) is 4. The average molecular weight is 234 g/mol. The molecule has 2 aromatic heterocycles. The Bertz CT molecular complexity index is 477. The van der Waals surface area contributed by atoms with Crippen LogP contribution in [0.1, 0.15) is 26.5 Å². The molecular weight excluding hydrogens is 216 g/mol. The van der Waals surface area contributed by atoms with Gasteiger partial charge in [0.05, 0.1) is 18.6 Å². The maximum absolute atomic E-state index is 5.86. The highest BCUT2D eigenvalue weighted by molar-refractivity contribution is 5.37. The minimum Gasteiger partial charge on any atom is -0.381 e. The maximum atomic E-state index is 5.86. The molecule has 0 aliphatic heterocycles. The number of hydrogen-bond donors (Lipinski definition) is 1. The third kappa shape index (κ3) is 2.46. The van der Waals surface area contributed by atoms with Gasteiger partial charge in [-0.05, 0) is 0 Å². The molecule has 0 aliphatic carbocycles. The van der Waals surface area contributed by atoms with Crippen LogP contribution in [0.15, 0.2) is 18.7 Å². The van der Waals surface area contributed by atoms with Gasteiger partial charge < -0.3 is 10.3 Å². The summed E-state index contributed by atoms with van der Waals surface area (Å²) >= 11 is 0. The molecule has 0 bridgehead atoms. The van der Waals surface area contributed by atoms with Crippen LogP contribution in [0.4, 0.5) is 5.82 Å². The Morgan fingerprint density at radius 3 is 2.65 bits per heavy atom. The number of aryl methyl sites for hydroxylation is 2. The molecule has 92 valence electrons. The topological polar surface area (TPSA) is 74.5 Å². The van der Waals surface area contributed by atoms with E-state index < -0.39 is 0 Å². The van der Waals surface area contributed by atoms with E-state index in [9.17, 15) is 0 Å². The fourth-order valence-corrected chi connectivity index (χ4v) is 1.88. The SMILES string of the molecule is CC(C)(C)c1c(N)nnn1CCn1ccnc1. The van der Waals surface area contributed by atoms with Gasteiger partial charge in [-0.25, -0.2) is 9.67 Å². The van der Waals surface area contributed by atoms with E-state index in [0.717, 1.165) is 18.8 Å². The fraction of sp³-hybridized carbons (Fsp3) is 0.545. The predicted molar refractivity (Wildman–Crippen MR) is 65.4 cm³/mol. The van der Waals surface area contributed by atoms with Crippen molar-refractivity contribution in [1.82, 2.24) is 24.5 Å². The first-order valence-corrected chi connectivity index (χ1v) is 5.63. The monoisotopic (exact) mass is 234 g/mol. The Kier molecular flexibility index (Phi) is 2.87. The third-order valence-corrected chi connectivity index (χ3v) is 2.60. The van der Waals surface area contributed by atoms with Crippen molar-refractivity contribution in [2.24, 2.45) is 0 Å². The molecule has 17 heavy (non-hydrogen) atoms. The van der Waals surface area contributed by atoms with Crippen LogP contribution in [0.25, 0.3) is 0 Å². The van der Waals surface area contributed by atoms with Crippen LogP contribution in [-0.4, -0.2) is 24.5 Å². The summed E-state index contributed by atoms with van der Waals surface area (Å²) in [6, 6.07) is 0. The lowest BCUT2D eigenvalue weighted by atomic mass is 9.92. The molecule has 2 N–H and O–H groups in total. The van der Waals surface area contributed by atoms with Gasteiger partial charge in [0, 0.05) is 24.4 Å². The molecule has 0 radical (unpaired) electrons. The number of nitrogens with two attached hydrogens (primary N) is 1. The Hall–Kier alpha value is -1.85. The molecule has 0 unspecified atom stereocenters. The van der Waals surface area contributed by atoms with E-state index in [0.29, 0.717) is 5.82 Å².